The summed E-state index contributed by atoms with van der Waals surface area (Å²) in [6.45, 7) is 0.0773. The van der Waals surface area contributed by atoms with E-state index < -0.39 is 12.1 Å². The van der Waals surface area contributed by atoms with Gasteiger partial charge in [0.2, 0.25) is 0 Å². The van der Waals surface area contributed by atoms with Crippen molar-refractivity contribution in [2.24, 2.45) is 5.92 Å². The van der Waals surface area contributed by atoms with Crippen LogP contribution in [0.4, 0.5) is 13.2 Å². The highest BCUT2D eigenvalue weighted by Gasteiger charge is 2.37. The summed E-state index contributed by atoms with van der Waals surface area (Å²) in [6.07, 6.45) is 1.47. The predicted octanol–water partition coefficient (Wildman–Crippen LogP) is 2.82. The van der Waals surface area contributed by atoms with Gasteiger partial charge in [0.1, 0.15) is 0 Å². The van der Waals surface area contributed by atoms with Crippen molar-refractivity contribution in [2.45, 2.75) is 25.4 Å². The van der Waals surface area contributed by atoms with Crippen molar-refractivity contribution < 1.29 is 18.3 Å². The van der Waals surface area contributed by atoms with Crippen LogP contribution in [0.1, 0.15) is 19.3 Å². The molecule has 1 nitrogen and oxygen atoms in total. The SMILES string of the molecule is OCCCC1=CCC(C(F)(F)F)C=C1. The molecule has 0 spiro atoms. The number of hydrogen-bond acceptors (Lipinski definition) is 1. The Morgan fingerprint density at radius 3 is 2.57 bits per heavy atom. The van der Waals surface area contributed by atoms with E-state index in [0.29, 0.717) is 12.8 Å². The third-order valence-electron chi connectivity index (χ3n) is 2.22. The lowest BCUT2D eigenvalue weighted by Gasteiger charge is -2.18. The number of allylic oxidation sites excluding steroid dienone is 4. The lowest BCUT2D eigenvalue weighted by atomic mass is 9.94. The molecule has 0 fully saturated rings. The number of aliphatic hydroxyl groups excluding tert-OH is 1. The molecule has 0 amide bonds. The van der Waals surface area contributed by atoms with Crippen LogP contribution in [0.2, 0.25) is 0 Å². The average molecular weight is 206 g/mol. The van der Waals surface area contributed by atoms with Gasteiger partial charge in [-0.3, -0.25) is 0 Å². The first-order valence-corrected chi connectivity index (χ1v) is 4.59. The minimum absolute atomic E-state index is 0.0285. The summed E-state index contributed by atoms with van der Waals surface area (Å²) in [5.74, 6) is -1.33. The fraction of sp³-hybridized carbons (Fsp3) is 0.600. The molecule has 0 aromatic heterocycles. The van der Waals surface area contributed by atoms with Crippen LogP contribution in [0, 0.1) is 5.92 Å². The van der Waals surface area contributed by atoms with E-state index in [0.717, 1.165) is 5.57 Å². The second-order valence-electron chi connectivity index (χ2n) is 3.35. The Bertz CT molecular complexity index is 240. The van der Waals surface area contributed by atoms with Crippen LogP contribution >= 0.6 is 0 Å². The molecule has 0 aromatic carbocycles. The van der Waals surface area contributed by atoms with Crippen molar-refractivity contribution >= 4 is 0 Å². The third kappa shape index (κ3) is 3.18. The smallest absolute Gasteiger partial charge is 0.395 e. The molecule has 1 N–H and O–H groups in total. The van der Waals surface area contributed by atoms with Crippen molar-refractivity contribution in [1.29, 1.82) is 0 Å². The highest BCUT2D eigenvalue weighted by atomic mass is 19.4. The number of aliphatic hydroxyl groups is 1. The van der Waals surface area contributed by atoms with Crippen LogP contribution in [0.25, 0.3) is 0 Å². The zero-order valence-corrected chi connectivity index (χ0v) is 7.72. The highest BCUT2D eigenvalue weighted by molar-refractivity contribution is 5.24. The van der Waals surface area contributed by atoms with Crippen LogP contribution < -0.4 is 0 Å². The van der Waals surface area contributed by atoms with Gasteiger partial charge in [0.15, 0.2) is 0 Å². The van der Waals surface area contributed by atoms with Gasteiger partial charge in [0, 0.05) is 6.61 Å². The zero-order valence-electron chi connectivity index (χ0n) is 7.72. The molecule has 1 atom stereocenters. The summed E-state index contributed by atoms with van der Waals surface area (Å²) in [4.78, 5) is 0. The van der Waals surface area contributed by atoms with Crippen molar-refractivity contribution in [1.82, 2.24) is 0 Å². The van der Waals surface area contributed by atoms with Gasteiger partial charge >= 0.3 is 6.18 Å². The second kappa shape index (κ2) is 4.64. The van der Waals surface area contributed by atoms with Gasteiger partial charge in [0.05, 0.1) is 5.92 Å². The summed E-state index contributed by atoms with van der Waals surface area (Å²) in [5, 5.41) is 8.55. The zero-order chi connectivity index (χ0) is 10.6. The van der Waals surface area contributed by atoms with Crippen LogP contribution in [0.15, 0.2) is 23.8 Å². The quantitative estimate of drug-likeness (QED) is 0.752. The van der Waals surface area contributed by atoms with Gasteiger partial charge in [0.25, 0.3) is 0 Å². The molecule has 1 aliphatic rings. The largest absolute Gasteiger partial charge is 0.396 e. The minimum atomic E-state index is -4.13. The van der Waals surface area contributed by atoms with Crippen molar-refractivity contribution in [3.8, 4) is 0 Å². The normalized spacial score (nSPS) is 22.3. The topological polar surface area (TPSA) is 20.2 Å². The van der Waals surface area contributed by atoms with Crippen molar-refractivity contribution in [2.75, 3.05) is 6.61 Å². The predicted molar refractivity (Wildman–Crippen MR) is 47.7 cm³/mol. The van der Waals surface area contributed by atoms with Gasteiger partial charge in [-0.2, -0.15) is 13.2 Å². The van der Waals surface area contributed by atoms with Crippen LogP contribution in [0.3, 0.4) is 0 Å². The first kappa shape index (κ1) is 11.3. The summed E-state index contributed by atoms with van der Waals surface area (Å²) in [7, 11) is 0. The van der Waals surface area contributed by atoms with E-state index in [1.807, 2.05) is 0 Å². The molecule has 4 heteroatoms. The first-order valence-electron chi connectivity index (χ1n) is 4.59. The van der Waals surface area contributed by atoms with Gasteiger partial charge in [-0.1, -0.05) is 23.8 Å². The maximum absolute atomic E-state index is 12.2. The molecule has 80 valence electrons. The van der Waals surface area contributed by atoms with Crippen molar-refractivity contribution in [3.63, 3.8) is 0 Å². The average Bonchev–Trinajstić information content (AvgIpc) is 2.14. The molecule has 1 rings (SSSR count). The van der Waals surface area contributed by atoms with Gasteiger partial charge in [-0.25, -0.2) is 0 Å². The lowest BCUT2D eigenvalue weighted by molar-refractivity contribution is -0.160. The van der Waals surface area contributed by atoms with E-state index >= 15 is 0 Å². The Morgan fingerprint density at radius 1 is 1.43 bits per heavy atom. The highest BCUT2D eigenvalue weighted by Crippen LogP contribution is 2.33. The first-order chi connectivity index (χ1) is 6.54. The van der Waals surface area contributed by atoms with Crippen LogP contribution in [-0.4, -0.2) is 17.9 Å². The molecule has 14 heavy (non-hydrogen) atoms. The molecular weight excluding hydrogens is 193 g/mol. The van der Waals surface area contributed by atoms with E-state index in [-0.39, 0.29) is 13.0 Å². The Balaban J connectivity index is 2.45. The molecule has 0 saturated heterocycles. The maximum Gasteiger partial charge on any atom is 0.395 e. The van der Waals surface area contributed by atoms with Gasteiger partial charge < -0.3 is 5.11 Å². The summed E-state index contributed by atoms with van der Waals surface area (Å²) in [6, 6.07) is 0. The summed E-state index contributed by atoms with van der Waals surface area (Å²) < 4.78 is 36.6. The third-order valence-corrected chi connectivity index (χ3v) is 2.22. The summed E-state index contributed by atoms with van der Waals surface area (Å²) >= 11 is 0. The molecule has 0 saturated carbocycles. The Labute approximate surface area is 80.9 Å². The van der Waals surface area contributed by atoms with Crippen LogP contribution in [0.5, 0.6) is 0 Å². The van der Waals surface area contributed by atoms with Gasteiger partial charge in [-0.05, 0) is 19.3 Å². The number of hydrogen-bond donors (Lipinski definition) is 1. The standard InChI is InChI=1S/C10H13F3O/c11-10(12,13)9-5-3-8(4-6-9)2-1-7-14/h3-5,9,14H,1-2,6-7H2. The molecular formula is C10H13F3O. The van der Waals surface area contributed by atoms with E-state index in [9.17, 15) is 13.2 Å². The Morgan fingerprint density at radius 2 is 2.14 bits per heavy atom. The van der Waals surface area contributed by atoms with E-state index in [1.54, 1.807) is 6.08 Å². The monoisotopic (exact) mass is 206 g/mol. The number of rotatable bonds is 3. The van der Waals surface area contributed by atoms with E-state index in [1.165, 1.54) is 12.2 Å². The number of alkyl halides is 3. The van der Waals surface area contributed by atoms with E-state index in [4.69, 9.17) is 5.11 Å². The lowest BCUT2D eigenvalue weighted by Crippen LogP contribution is -2.21. The number of halogens is 3. The molecule has 0 heterocycles. The maximum atomic E-state index is 12.2. The molecule has 0 aromatic rings. The fourth-order valence-corrected chi connectivity index (χ4v) is 1.38. The molecule has 0 radical (unpaired) electrons. The Kier molecular flexibility index (Phi) is 3.75. The summed E-state index contributed by atoms with van der Waals surface area (Å²) in [5.41, 5.74) is 0.888. The minimum Gasteiger partial charge on any atom is -0.396 e. The molecule has 0 aliphatic heterocycles. The van der Waals surface area contributed by atoms with E-state index in [2.05, 4.69) is 0 Å². The molecule has 1 aliphatic carbocycles. The fourth-order valence-electron chi connectivity index (χ4n) is 1.38. The Hall–Kier alpha value is -0.770. The molecule has 1 unspecified atom stereocenters. The van der Waals surface area contributed by atoms with Crippen LogP contribution in [-0.2, 0) is 0 Å². The van der Waals surface area contributed by atoms with Crippen molar-refractivity contribution in [3.05, 3.63) is 23.8 Å². The van der Waals surface area contributed by atoms with Gasteiger partial charge in [-0.15, -0.1) is 0 Å². The molecule has 0 bridgehead atoms. The second-order valence-corrected chi connectivity index (χ2v) is 3.35.